The fourth-order valence-electron chi connectivity index (χ4n) is 9.11. The molecule has 3 aromatic rings. The number of para-hydroxylation sites is 1. The smallest absolute Gasteiger partial charge is 0.0868 e. The molecule has 192 valence electrons. The molecule has 0 amide bonds. The maximum Gasteiger partial charge on any atom is 0.0868 e. The minimum absolute atomic E-state index is 0.0537. The second-order valence-corrected chi connectivity index (χ2v) is 12.3. The molecule has 3 unspecified atom stereocenters. The first-order valence-corrected chi connectivity index (χ1v) is 15.0. The Morgan fingerprint density at radius 3 is 2.11 bits per heavy atom. The zero-order chi connectivity index (χ0) is 25.0. The van der Waals surface area contributed by atoms with E-state index in [1.807, 2.05) is 0 Å². The topological polar surface area (TPSA) is 6.48 Å². The maximum atomic E-state index is 3.11. The van der Waals surface area contributed by atoms with Gasteiger partial charge < -0.3 is 4.90 Å². The van der Waals surface area contributed by atoms with Crippen molar-refractivity contribution in [1.82, 2.24) is 4.90 Å². The largest absolute Gasteiger partial charge is 0.351 e. The van der Waals surface area contributed by atoms with Gasteiger partial charge in [0.25, 0.3) is 0 Å². The van der Waals surface area contributed by atoms with Gasteiger partial charge in [-0.05, 0) is 79.7 Å². The summed E-state index contributed by atoms with van der Waals surface area (Å²) in [6.07, 6.45) is 12.7. The molecule has 37 heavy (non-hydrogen) atoms. The molecule has 0 bridgehead atoms. The second kappa shape index (κ2) is 9.31. The third kappa shape index (κ3) is 3.41. The molecule has 1 saturated heterocycles. The fourth-order valence-corrected chi connectivity index (χ4v) is 9.11. The Kier molecular flexibility index (Phi) is 5.92. The molecule has 0 aromatic heterocycles. The Balaban J connectivity index is 1.51. The van der Waals surface area contributed by atoms with E-state index in [4.69, 9.17) is 0 Å². The number of benzene rings is 3. The Morgan fingerprint density at radius 2 is 1.35 bits per heavy atom. The third-order valence-corrected chi connectivity index (χ3v) is 10.5. The molecule has 2 heteroatoms. The van der Waals surface area contributed by atoms with E-state index in [1.54, 1.807) is 11.1 Å². The van der Waals surface area contributed by atoms with Gasteiger partial charge in [-0.3, -0.25) is 4.90 Å². The molecule has 0 spiro atoms. The zero-order valence-corrected chi connectivity index (χ0v) is 22.7. The van der Waals surface area contributed by atoms with Crippen LogP contribution in [0.2, 0.25) is 0 Å². The second-order valence-electron chi connectivity index (χ2n) is 12.3. The van der Waals surface area contributed by atoms with Crippen molar-refractivity contribution in [2.75, 3.05) is 4.90 Å². The van der Waals surface area contributed by atoms with Gasteiger partial charge in [0, 0.05) is 11.7 Å². The minimum atomic E-state index is -0.0537. The highest BCUT2D eigenvalue weighted by atomic mass is 15.5. The first kappa shape index (κ1) is 23.5. The van der Waals surface area contributed by atoms with Crippen molar-refractivity contribution in [2.24, 2.45) is 11.8 Å². The molecule has 0 radical (unpaired) electrons. The van der Waals surface area contributed by atoms with Crippen LogP contribution in [0.15, 0.2) is 78.9 Å². The molecule has 2 heterocycles. The molecule has 4 aliphatic rings. The average molecular weight is 491 g/mol. The number of nitrogens with zero attached hydrogens (tertiary/aromatic N) is 2. The molecule has 0 N–H and O–H groups in total. The van der Waals surface area contributed by atoms with E-state index < -0.39 is 0 Å². The summed E-state index contributed by atoms with van der Waals surface area (Å²) in [6, 6.07) is 31.3. The van der Waals surface area contributed by atoms with Gasteiger partial charge in [0.15, 0.2) is 0 Å². The molecule has 2 nitrogen and oxygen atoms in total. The Labute approximate surface area is 223 Å². The Bertz CT molecular complexity index is 1240. The maximum absolute atomic E-state index is 3.11. The van der Waals surface area contributed by atoms with Crippen molar-refractivity contribution in [3.63, 3.8) is 0 Å². The normalized spacial score (nSPS) is 30.5. The van der Waals surface area contributed by atoms with Crippen LogP contribution in [0.5, 0.6) is 0 Å². The SMILES string of the molecule is Cc1ccccc1N1C(C2CCCC2)N2C(c3ccccc3C2(c2ccccc2)C2CCCCC2)[C@@H]1C. The molecule has 2 aliphatic heterocycles. The minimum Gasteiger partial charge on any atom is -0.351 e. The highest BCUT2D eigenvalue weighted by molar-refractivity contribution is 5.61. The van der Waals surface area contributed by atoms with Crippen LogP contribution in [-0.4, -0.2) is 17.1 Å². The number of fused-ring (bicyclic) bond motifs is 3. The number of rotatable bonds is 4. The van der Waals surface area contributed by atoms with Gasteiger partial charge in [0.05, 0.1) is 17.7 Å². The Hall–Kier alpha value is -2.58. The average Bonchev–Trinajstić information content (AvgIpc) is 3.65. The van der Waals surface area contributed by atoms with Gasteiger partial charge in [0.1, 0.15) is 0 Å². The number of hydrogen-bond donors (Lipinski definition) is 0. The van der Waals surface area contributed by atoms with Crippen molar-refractivity contribution >= 4 is 5.69 Å². The number of aryl methyl sites for hydroxylation is 1. The summed E-state index contributed by atoms with van der Waals surface area (Å²) in [4.78, 5) is 5.99. The molecule has 2 saturated carbocycles. The van der Waals surface area contributed by atoms with Crippen molar-refractivity contribution in [3.05, 3.63) is 101 Å². The molecule has 7 rings (SSSR count). The quantitative estimate of drug-likeness (QED) is 0.361. The molecular weight excluding hydrogens is 448 g/mol. The lowest BCUT2D eigenvalue weighted by Crippen LogP contribution is -2.56. The predicted octanol–water partition coefficient (Wildman–Crippen LogP) is 8.60. The summed E-state index contributed by atoms with van der Waals surface area (Å²) in [7, 11) is 0. The van der Waals surface area contributed by atoms with Crippen LogP contribution in [-0.2, 0) is 5.54 Å². The van der Waals surface area contributed by atoms with Gasteiger partial charge in [-0.25, -0.2) is 0 Å². The summed E-state index contributed by atoms with van der Waals surface area (Å²) in [5.41, 5.74) is 7.53. The Morgan fingerprint density at radius 1 is 0.703 bits per heavy atom. The lowest BCUT2D eigenvalue weighted by atomic mass is 9.67. The lowest BCUT2D eigenvalue weighted by molar-refractivity contribution is 0.00387. The lowest BCUT2D eigenvalue weighted by Gasteiger charge is -2.51. The van der Waals surface area contributed by atoms with Crippen molar-refractivity contribution in [2.45, 2.75) is 95.4 Å². The van der Waals surface area contributed by atoms with E-state index in [0.717, 1.165) is 0 Å². The van der Waals surface area contributed by atoms with Crippen LogP contribution >= 0.6 is 0 Å². The van der Waals surface area contributed by atoms with Gasteiger partial charge in [-0.15, -0.1) is 0 Å². The van der Waals surface area contributed by atoms with Gasteiger partial charge in [0.2, 0.25) is 0 Å². The highest BCUT2D eigenvalue weighted by Gasteiger charge is 2.64. The van der Waals surface area contributed by atoms with Crippen LogP contribution in [0.4, 0.5) is 5.69 Å². The van der Waals surface area contributed by atoms with Gasteiger partial charge >= 0.3 is 0 Å². The highest BCUT2D eigenvalue weighted by Crippen LogP contribution is 2.63. The molecular formula is C35H42N2. The van der Waals surface area contributed by atoms with E-state index in [0.29, 0.717) is 30.1 Å². The first-order chi connectivity index (χ1) is 18.2. The summed E-state index contributed by atoms with van der Waals surface area (Å²) < 4.78 is 0. The van der Waals surface area contributed by atoms with Crippen molar-refractivity contribution in [1.29, 1.82) is 0 Å². The van der Waals surface area contributed by atoms with Crippen LogP contribution < -0.4 is 4.90 Å². The van der Waals surface area contributed by atoms with Crippen LogP contribution in [0.1, 0.15) is 93.0 Å². The van der Waals surface area contributed by atoms with Crippen molar-refractivity contribution < 1.29 is 0 Å². The van der Waals surface area contributed by atoms with Crippen LogP contribution in [0, 0.1) is 18.8 Å². The summed E-state index contributed by atoms with van der Waals surface area (Å²) in [6.45, 7) is 4.84. The summed E-state index contributed by atoms with van der Waals surface area (Å²) in [5, 5.41) is 0. The van der Waals surface area contributed by atoms with Gasteiger partial charge in [-0.2, -0.15) is 0 Å². The summed E-state index contributed by atoms with van der Waals surface area (Å²) in [5.74, 6) is 1.37. The molecule has 3 aromatic carbocycles. The van der Waals surface area contributed by atoms with E-state index in [9.17, 15) is 0 Å². The third-order valence-electron chi connectivity index (χ3n) is 10.5. The fraction of sp³-hybridized carbons (Fsp3) is 0.486. The van der Waals surface area contributed by atoms with E-state index in [-0.39, 0.29) is 5.54 Å². The number of anilines is 1. The van der Waals surface area contributed by atoms with E-state index >= 15 is 0 Å². The van der Waals surface area contributed by atoms with E-state index in [2.05, 4.69) is 103 Å². The van der Waals surface area contributed by atoms with E-state index in [1.165, 1.54) is 74.6 Å². The summed E-state index contributed by atoms with van der Waals surface area (Å²) >= 11 is 0. The van der Waals surface area contributed by atoms with Crippen LogP contribution in [0.3, 0.4) is 0 Å². The first-order valence-electron chi connectivity index (χ1n) is 15.0. The monoisotopic (exact) mass is 490 g/mol. The van der Waals surface area contributed by atoms with Crippen molar-refractivity contribution in [3.8, 4) is 0 Å². The molecule has 4 atom stereocenters. The molecule has 3 fully saturated rings. The predicted molar refractivity (Wildman–Crippen MR) is 154 cm³/mol. The zero-order valence-electron chi connectivity index (χ0n) is 22.7. The number of hydrogen-bond acceptors (Lipinski definition) is 2. The molecule has 2 aliphatic carbocycles. The van der Waals surface area contributed by atoms with Crippen LogP contribution in [0.25, 0.3) is 0 Å². The van der Waals surface area contributed by atoms with Gasteiger partial charge in [-0.1, -0.05) is 105 Å². The standard InChI is InChI=1S/C35H42N2/c1-25-15-9-14-24-32(25)36-26(2)33-30-22-12-13-23-31(30)35(28-18-5-3-6-19-28,29-20-7-4-8-21-29)37(33)34(36)27-16-10-11-17-27/h3,5-6,9,12-15,18-19,22-24,26-27,29,33-34H,4,7-8,10-11,16-17,20-21H2,1-2H3/t26-,33?,34?,35?/m0/s1.